The highest BCUT2D eigenvalue weighted by Gasteiger charge is 2.48. The average Bonchev–Trinajstić information content (AvgIpc) is 3.07. The van der Waals surface area contributed by atoms with E-state index in [4.69, 9.17) is 5.84 Å². The molecule has 2 aliphatic rings. The van der Waals surface area contributed by atoms with Gasteiger partial charge in [0.05, 0.1) is 6.04 Å². The van der Waals surface area contributed by atoms with Crippen molar-refractivity contribution in [2.45, 2.75) is 25.3 Å². The molecule has 2 aromatic rings. The molecule has 3 nitrogen and oxygen atoms in total. The normalized spacial score (nSPS) is 30.3. The smallest absolute Gasteiger partial charge is 0.0509 e. The van der Waals surface area contributed by atoms with E-state index >= 15 is 0 Å². The molecule has 0 radical (unpaired) electrons. The fourth-order valence-electron chi connectivity index (χ4n) is 3.90. The van der Waals surface area contributed by atoms with Crippen molar-refractivity contribution in [1.29, 1.82) is 0 Å². The van der Waals surface area contributed by atoms with Crippen LogP contribution in [0.5, 0.6) is 0 Å². The van der Waals surface area contributed by atoms with Crippen LogP contribution in [0.1, 0.15) is 30.9 Å². The van der Waals surface area contributed by atoms with Crippen molar-refractivity contribution in [2.75, 3.05) is 0 Å². The highest BCUT2D eigenvalue weighted by atomic mass is 15.2. The number of fused-ring (bicyclic) bond motifs is 2. The zero-order chi connectivity index (χ0) is 12.8. The maximum Gasteiger partial charge on any atom is 0.0509 e. The summed E-state index contributed by atoms with van der Waals surface area (Å²) in [5, 5.41) is 2.48. The Hall–Kier alpha value is -1.45. The van der Waals surface area contributed by atoms with Gasteiger partial charge in [0.2, 0.25) is 0 Å². The number of hydrogen-bond acceptors (Lipinski definition) is 3. The number of hydrogen-bond donors (Lipinski definition) is 2. The Balaban J connectivity index is 1.74. The second-order valence-corrected chi connectivity index (χ2v) is 6.08. The average molecular weight is 253 g/mol. The summed E-state index contributed by atoms with van der Waals surface area (Å²) in [6, 6.07) is 8.68. The standard InChI is InChI=1S/C16H19N3/c17-19-16(13-6-11-5-12(11)7-13)15-9-18-8-10-3-1-2-4-14(10)15/h1-4,8-9,11-13,16,19H,5-7,17H2. The molecule has 2 saturated carbocycles. The first-order valence-electron chi connectivity index (χ1n) is 7.15. The lowest BCUT2D eigenvalue weighted by Gasteiger charge is -2.25. The van der Waals surface area contributed by atoms with E-state index in [0.29, 0.717) is 5.92 Å². The van der Waals surface area contributed by atoms with E-state index in [1.165, 1.54) is 35.6 Å². The number of nitrogens with one attached hydrogen (secondary N) is 1. The van der Waals surface area contributed by atoms with Gasteiger partial charge in [0.1, 0.15) is 0 Å². The minimum Gasteiger partial charge on any atom is -0.271 e. The van der Waals surface area contributed by atoms with Gasteiger partial charge >= 0.3 is 0 Å². The van der Waals surface area contributed by atoms with Crippen LogP contribution in [-0.4, -0.2) is 4.98 Å². The number of nitrogens with two attached hydrogens (primary N) is 1. The van der Waals surface area contributed by atoms with Crippen LogP contribution in [0.2, 0.25) is 0 Å². The molecule has 98 valence electrons. The van der Waals surface area contributed by atoms with E-state index in [-0.39, 0.29) is 6.04 Å². The Morgan fingerprint density at radius 3 is 2.68 bits per heavy atom. The van der Waals surface area contributed by atoms with Gasteiger partial charge in [-0.1, -0.05) is 24.3 Å². The van der Waals surface area contributed by atoms with Gasteiger partial charge in [0.25, 0.3) is 0 Å². The lowest BCUT2D eigenvalue weighted by Crippen LogP contribution is -2.33. The number of rotatable bonds is 3. The topological polar surface area (TPSA) is 50.9 Å². The summed E-state index contributed by atoms with van der Waals surface area (Å²) in [7, 11) is 0. The van der Waals surface area contributed by atoms with Crippen LogP contribution in [-0.2, 0) is 0 Å². The third-order valence-corrected chi connectivity index (χ3v) is 4.97. The molecular weight excluding hydrogens is 234 g/mol. The van der Waals surface area contributed by atoms with Crippen LogP contribution in [0.15, 0.2) is 36.7 Å². The number of aromatic nitrogens is 1. The lowest BCUT2D eigenvalue weighted by molar-refractivity contribution is 0.347. The Morgan fingerprint density at radius 2 is 1.89 bits per heavy atom. The van der Waals surface area contributed by atoms with Crippen molar-refractivity contribution >= 4 is 10.8 Å². The molecule has 0 saturated heterocycles. The predicted molar refractivity (Wildman–Crippen MR) is 76.1 cm³/mol. The third-order valence-electron chi connectivity index (χ3n) is 4.97. The molecule has 0 spiro atoms. The minimum atomic E-state index is 0.242. The molecule has 19 heavy (non-hydrogen) atoms. The third kappa shape index (κ3) is 1.85. The zero-order valence-electron chi connectivity index (χ0n) is 10.9. The number of nitrogens with zero attached hydrogens (tertiary/aromatic N) is 1. The first-order chi connectivity index (χ1) is 9.36. The SMILES string of the molecule is NNC(c1cncc2ccccc12)C1CC2CC2C1. The maximum atomic E-state index is 5.86. The Bertz CT molecular complexity index is 594. The largest absolute Gasteiger partial charge is 0.271 e. The highest BCUT2D eigenvalue weighted by Crippen LogP contribution is 2.57. The van der Waals surface area contributed by atoms with Crippen LogP contribution in [0.25, 0.3) is 10.8 Å². The second kappa shape index (κ2) is 4.29. The van der Waals surface area contributed by atoms with Gasteiger partial charge in [-0.05, 0) is 48.0 Å². The van der Waals surface area contributed by atoms with Crippen molar-refractivity contribution in [3.63, 3.8) is 0 Å². The van der Waals surface area contributed by atoms with Gasteiger partial charge in [0, 0.05) is 17.8 Å². The summed E-state index contributed by atoms with van der Waals surface area (Å²) in [4.78, 5) is 4.39. The van der Waals surface area contributed by atoms with Crippen LogP contribution < -0.4 is 11.3 Å². The maximum absolute atomic E-state index is 5.86. The highest BCUT2D eigenvalue weighted by molar-refractivity contribution is 5.85. The summed E-state index contributed by atoms with van der Waals surface area (Å²) >= 11 is 0. The predicted octanol–water partition coefficient (Wildman–Crippen LogP) is 2.79. The molecule has 1 aromatic carbocycles. The molecule has 3 unspecified atom stereocenters. The second-order valence-electron chi connectivity index (χ2n) is 6.08. The van der Waals surface area contributed by atoms with Gasteiger partial charge in [0.15, 0.2) is 0 Å². The fourth-order valence-corrected chi connectivity index (χ4v) is 3.90. The van der Waals surface area contributed by atoms with Crippen molar-refractivity contribution in [2.24, 2.45) is 23.6 Å². The molecule has 2 fully saturated rings. The molecule has 2 aliphatic carbocycles. The van der Waals surface area contributed by atoms with Crippen LogP contribution >= 0.6 is 0 Å². The molecule has 4 rings (SSSR count). The molecule has 0 amide bonds. The monoisotopic (exact) mass is 253 g/mol. The summed E-state index contributed by atoms with van der Waals surface area (Å²) in [6.45, 7) is 0. The number of benzene rings is 1. The molecule has 3 heteroatoms. The minimum absolute atomic E-state index is 0.242. The lowest BCUT2D eigenvalue weighted by atomic mass is 9.88. The molecule has 3 atom stereocenters. The summed E-state index contributed by atoms with van der Waals surface area (Å²) in [6.07, 6.45) is 8.00. The van der Waals surface area contributed by atoms with Crippen molar-refractivity contribution in [3.05, 3.63) is 42.2 Å². The quantitative estimate of drug-likeness (QED) is 0.653. The van der Waals surface area contributed by atoms with Gasteiger partial charge in [-0.15, -0.1) is 0 Å². The molecular formula is C16H19N3. The van der Waals surface area contributed by atoms with Crippen molar-refractivity contribution in [3.8, 4) is 0 Å². The van der Waals surface area contributed by atoms with E-state index in [2.05, 4.69) is 34.7 Å². The van der Waals surface area contributed by atoms with E-state index in [1.807, 2.05) is 12.4 Å². The molecule has 1 aromatic heterocycles. The van der Waals surface area contributed by atoms with Gasteiger partial charge in [-0.25, -0.2) is 0 Å². The Labute approximate surface area is 113 Å². The van der Waals surface area contributed by atoms with Crippen molar-refractivity contribution in [1.82, 2.24) is 10.4 Å². The molecule has 0 aliphatic heterocycles. The van der Waals surface area contributed by atoms with Gasteiger partial charge in [-0.3, -0.25) is 16.3 Å². The van der Waals surface area contributed by atoms with Crippen LogP contribution in [0.4, 0.5) is 0 Å². The Kier molecular flexibility index (Phi) is 2.57. The van der Waals surface area contributed by atoms with Gasteiger partial charge in [-0.2, -0.15) is 0 Å². The summed E-state index contributed by atoms with van der Waals surface area (Å²) in [5.41, 5.74) is 4.31. The van der Waals surface area contributed by atoms with Crippen LogP contribution in [0, 0.1) is 17.8 Å². The van der Waals surface area contributed by atoms with Gasteiger partial charge < -0.3 is 0 Å². The number of hydrazine groups is 1. The van der Waals surface area contributed by atoms with E-state index in [1.54, 1.807) is 0 Å². The van der Waals surface area contributed by atoms with E-state index in [9.17, 15) is 0 Å². The fraction of sp³-hybridized carbons (Fsp3) is 0.438. The first kappa shape index (κ1) is 11.4. The first-order valence-corrected chi connectivity index (χ1v) is 7.15. The molecule has 0 bridgehead atoms. The number of pyridine rings is 1. The molecule has 3 N–H and O–H groups in total. The van der Waals surface area contributed by atoms with E-state index in [0.717, 1.165) is 11.8 Å². The van der Waals surface area contributed by atoms with E-state index < -0.39 is 0 Å². The molecule has 1 heterocycles. The summed E-state index contributed by atoms with van der Waals surface area (Å²) in [5.74, 6) is 8.48. The Morgan fingerprint density at radius 1 is 1.11 bits per heavy atom. The summed E-state index contributed by atoms with van der Waals surface area (Å²) < 4.78 is 0. The van der Waals surface area contributed by atoms with Crippen molar-refractivity contribution < 1.29 is 0 Å². The van der Waals surface area contributed by atoms with Crippen LogP contribution in [0.3, 0.4) is 0 Å². The zero-order valence-corrected chi connectivity index (χ0v) is 10.9.